The molecule has 0 heterocycles. The first-order valence-electron chi connectivity index (χ1n) is 8.56. The molecule has 0 aliphatic rings. The van der Waals surface area contributed by atoms with Crippen molar-refractivity contribution in [1.82, 2.24) is 10.9 Å². The van der Waals surface area contributed by atoms with Crippen LogP contribution in [0.5, 0.6) is 11.5 Å². The summed E-state index contributed by atoms with van der Waals surface area (Å²) in [6.45, 7) is 6.08. The maximum absolute atomic E-state index is 12.3. The second kappa shape index (κ2) is 9.46. The van der Waals surface area contributed by atoms with E-state index in [0.717, 1.165) is 12.0 Å². The van der Waals surface area contributed by atoms with E-state index in [1.807, 2.05) is 26.0 Å². The number of rotatable bonds is 7. The van der Waals surface area contributed by atoms with E-state index in [-0.39, 0.29) is 0 Å². The SMILES string of the molecule is CCCOc1ccccc1C(=O)NNC(=O)C(C)Oc1ccc(C)cc1. The number of amides is 2. The zero-order chi connectivity index (χ0) is 18.9. The Kier molecular flexibility index (Phi) is 7.02. The molecule has 0 spiro atoms. The molecule has 0 aliphatic carbocycles. The molecular weight excluding hydrogens is 332 g/mol. The van der Waals surface area contributed by atoms with Crippen molar-refractivity contribution in [3.63, 3.8) is 0 Å². The van der Waals surface area contributed by atoms with E-state index in [1.54, 1.807) is 43.3 Å². The molecule has 138 valence electrons. The number of ether oxygens (including phenoxy) is 2. The van der Waals surface area contributed by atoms with E-state index >= 15 is 0 Å². The molecule has 2 N–H and O–H groups in total. The fourth-order valence-electron chi connectivity index (χ4n) is 2.15. The summed E-state index contributed by atoms with van der Waals surface area (Å²) in [7, 11) is 0. The van der Waals surface area contributed by atoms with E-state index in [9.17, 15) is 9.59 Å². The number of carbonyl (C=O) groups excluding carboxylic acids is 2. The molecule has 2 rings (SSSR count). The molecular formula is C20H24N2O4. The minimum absolute atomic E-state index is 0.355. The summed E-state index contributed by atoms with van der Waals surface area (Å²) in [6.07, 6.45) is 0.0742. The van der Waals surface area contributed by atoms with Crippen LogP contribution in [-0.4, -0.2) is 24.5 Å². The Balaban J connectivity index is 1.90. The zero-order valence-corrected chi connectivity index (χ0v) is 15.2. The summed E-state index contributed by atoms with van der Waals surface area (Å²) in [4.78, 5) is 24.4. The van der Waals surface area contributed by atoms with Crippen LogP contribution in [0, 0.1) is 6.92 Å². The molecule has 0 aromatic heterocycles. The van der Waals surface area contributed by atoms with E-state index in [2.05, 4.69) is 10.9 Å². The maximum Gasteiger partial charge on any atom is 0.279 e. The number of hydrogen-bond donors (Lipinski definition) is 2. The van der Waals surface area contributed by atoms with Crippen LogP contribution in [0.1, 0.15) is 36.2 Å². The average molecular weight is 356 g/mol. The van der Waals surface area contributed by atoms with Crippen LogP contribution in [0.15, 0.2) is 48.5 Å². The molecule has 2 aromatic carbocycles. The smallest absolute Gasteiger partial charge is 0.279 e. The number of nitrogens with one attached hydrogen (secondary N) is 2. The number of aryl methyl sites for hydroxylation is 1. The van der Waals surface area contributed by atoms with Crippen LogP contribution in [0.25, 0.3) is 0 Å². The Morgan fingerprint density at radius 2 is 1.73 bits per heavy atom. The second-order valence-electron chi connectivity index (χ2n) is 5.86. The summed E-state index contributed by atoms with van der Waals surface area (Å²) in [5.41, 5.74) is 6.23. The van der Waals surface area contributed by atoms with Crippen LogP contribution in [-0.2, 0) is 4.79 Å². The molecule has 26 heavy (non-hydrogen) atoms. The minimum atomic E-state index is -0.760. The van der Waals surface area contributed by atoms with Crippen molar-refractivity contribution in [2.45, 2.75) is 33.3 Å². The largest absolute Gasteiger partial charge is 0.493 e. The average Bonchev–Trinajstić information content (AvgIpc) is 2.66. The van der Waals surface area contributed by atoms with Gasteiger partial charge in [0.2, 0.25) is 0 Å². The maximum atomic E-state index is 12.3. The van der Waals surface area contributed by atoms with E-state index in [4.69, 9.17) is 9.47 Å². The van der Waals surface area contributed by atoms with Gasteiger partial charge in [-0.15, -0.1) is 0 Å². The van der Waals surface area contributed by atoms with Crippen LogP contribution in [0.4, 0.5) is 0 Å². The van der Waals surface area contributed by atoms with Crippen LogP contribution < -0.4 is 20.3 Å². The van der Waals surface area contributed by atoms with Gasteiger partial charge < -0.3 is 9.47 Å². The second-order valence-corrected chi connectivity index (χ2v) is 5.86. The van der Waals surface area contributed by atoms with Crippen molar-refractivity contribution in [3.05, 3.63) is 59.7 Å². The lowest BCUT2D eigenvalue weighted by molar-refractivity contribution is -0.128. The number of hydrazine groups is 1. The number of benzene rings is 2. The van der Waals surface area contributed by atoms with Crippen LogP contribution in [0.3, 0.4) is 0 Å². The number of carbonyl (C=O) groups is 2. The van der Waals surface area contributed by atoms with E-state index in [1.165, 1.54) is 0 Å². The summed E-state index contributed by atoms with van der Waals surface area (Å²) in [5, 5.41) is 0. The lowest BCUT2D eigenvalue weighted by atomic mass is 10.2. The molecule has 1 unspecified atom stereocenters. The highest BCUT2D eigenvalue weighted by molar-refractivity contribution is 5.98. The molecule has 6 nitrogen and oxygen atoms in total. The van der Waals surface area contributed by atoms with Gasteiger partial charge in [-0.2, -0.15) is 0 Å². The summed E-state index contributed by atoms with van der Waals surface area (Å²) >= 11 is 0. The molecule has 0 fully saturated rings. The monoisotopic (exact) mass is 356 g/mol. The van der Waals surface area contributed by atoms with Gasteiger partial charge in [0, 0.05) is 0 Å². The van der Waals surface area contributed by atoms with Crippen LogP contribution >= 0.6 is 0 Å². The Labute approximate surface area is 153 Å². The van der Waals surface area contributed by atoms with Crippen LogP contribution in [0.2, 0.25) is 0 Å². The molecule has 6 heteroatoms. The Morgan fingerprint density at radius 1 is 1.04 bits per heavy atom. The third kappa shape index (κ3) is 5.51. The molecule has 0 bridgehead atoms. The zero-order valence-electron chi connectivity index (χ0n) is 15.2. The van der Waals surface area contributed by atoms with Crippen molar-refractivity contribution >= 4 is 11.8 Å². The van der Waals surface area contributed by atoms with Gasteiger partial charge in [0.15, 0.2) is 6.10 Å². The van der Waals surface area contributed by atoms with Gasteiger partial charge >= 0.3 is 0 Å². The Hall–Kier alpha value is -3.02. The van der Waals surface area contributed by atoms with Gasteiger partial charge in [-0.05, 0) is 44.5 Å². The third-order valence-electron chi connectivity index (χ3n) is 3.60. The Morgan fingerprint density at radius 3 is 2.42 bits per heavy atom. The van der Waals surface area contributed by atoms with Crippen molar-refractivity contribution in [1.29, 1.82) is 0 Å². The van der Waals surface area contributed by atoms with E-state index in [0.29, 0.717) is 23.7 Å². The van der Waals surface area contributed by atoms with Gasteiger partial charge in [-0.1, -0.05) is 36.8 Å². The Bertz CT molecular complexity index is 744. The predicted molar refractivity (Wildman–Crippen MR) is 99.1 cm³/mol. The summed E-state index contributed by atoms with van der Waals surface area (Å²) in [5.74, 6) is 0.159. The fraction of sp³-hybridized carbons (Fsp3) is 0.300. The number of para-hydroxylation sites is 1. The van der Waals surface area contributed by atoms with Gasteiger partial charge in [0.05, 0.1) is 12.2 Å². The summed E-state index contributed by atoms with van der Waals surface area (Å²) in [6, 6.07) is 14.3. The first kappa shape index (κ1) is 19.3. The highest BCUT2D eigenvalue weighted by Gasteiger charge is 2.17. The first-order valence-corrected chi connectivity index (χ1v) is 8.56. The van der Waals surface area contributed by atoms with Crippen molar-refractivity contribution in [2.24, 2.45) is 0 Å². The van der Waals surface area contributed by atoms with Crippen molar-refractivity contribution in [2.75, 3.05) is 6.61 Å². The highest BCUT2D eigenvalue weighted by atomic mass is 16.5. The normalized spacial score (nSPS) is 11.3. The standard InChI is InChI=1S/C20H24N2O4/c1-4-13-25-18-8-6-5-7-17(18)20(24)22-21-19(23)15(3)26-16-11-9-14(2)10-12-16/h5-12,15H,4,13H2,1-3H3,(H,21,23)(H,22,24). The molecule has 0 aliphatic heterocycles. The van der Waals surface area contributed by atoms with Gasteiger partial charge in [-0.3, -0.25) is 20.4 Å². The molecule has 2 amide bonds. The minimum Gasteiger partial charge on any atom is -0.493 e. The molecule has 0 radical (unpaired) electrons. The highest BCUT2D eigenvalue weighted by Crippen LogP contribution is 2.18. The predicted octanol–water partition coefficient (Wildman–Crippen LogP) is 3.01. The molecule has 0 saturated carbocycles. The molecule has 1 atom stereocenters. The summed E-state index contributed by atoms with van der Waals surface area (Å²) < 4.78 is 11.1. The topological polar surface area (TPSA) is 76.7 Å². The fourth-order valence-corrected chi connectivity index (χ4v) is 2.15. The quantitative estimate of drug-likeness (QED) is 0.748. The lowest BCUT2D eigenvalue weighted by Crippen LogP contribution is -2.47. The molecule has 2 aromatic rings. The van der Waals surface area contributed by atoms with Gasteiger partial charge in [0.25, 0.3) is 11.8 Å². The van der Waals surface area contributed by atoms with Gasteiger partial charge in [0.1, 0.15) is 11.5 Å². The van der Waals surface area contributed by atoms with E-state index < -0.39 is 17.9 Å². The third-order valence-corrected chi connectivity index (χ3v) is 3.60. The van der Waals surface area contributed by atoms with Crippen molar-refractivity contribution in [3.8, 4) is 11.5 Å². The first-order chi connectivity index (χ1) is 12.5. The van der Waals surface area contributed by atoms with Crippen molar-refractivity contribution < 1.29 is 19.1 Å². The number of hydrogen-bond acceptors (Lipinski definition) is 4. The van der Waals surface area contributed by atoms with Gasteiger partial charge in [-0.25, -0.2) is 0 Å². The lowest BCUT2D eigenvalue weighted by Gasteiger charge is -2.16. The molecule has 0 saturated heterocycles.